The summed E-state index contributed by atoms with van der Waals surface area (Å²) in [4.78, 5) is 16.4. The molecular formula is C15H22N2OS. The maximum atomic E-state index is 12.8. The second-order valence-electron chi connectivity index (χ2n) is 5.63. The Morgan fingerprint density at radius 2 is 2.37 bits per heavy atom. The van der Waals surface area contributed by atoms with Crippen LogP contribution in [0.1, 0.15) is 42.0 Å². The zero-order valence-corrected chi connectivity index (χ0v) is 12.3. The normalized spacial score (nSPS) is 26.5. The molecule has 2 heterocycles. The number of likely N-dealkylation sites (N-methyl/N-ethyl adjacent to an activating group) is 1. The van der Waals surface area contributed by atoms with Crippen molar-refractivity contribution in [1.82, 2.24) is 10.2 Å². The molecule has 0 spiro atoms. The van der Waals surface area contributed by atoms with Gasteiger partial charge in [0.15, 0.2) is 0 Å². The lowest BCUT2D eigenvalue weighted by molar-refractivity contribution is -0.133. The molecule has 2 aliphatic rings. The number of nitrogens with one attached hydrogen (secondary N) is 1. The Balaban J connectivity index is 1.78. The van der Waals surface area contributed by atoms with Gasteiger partial charge in [0.25, 0.3) is 0 Å². The largest absolute Gasteiger partial charge is 0.338 e. The van der Waals surface area contributed by atoms with E-state index in [1.165, 1.54) is 10.4 Å². The van der Waals surface area contributed by atoms with Gasteiger partial charge in [-0.15, -0.1) is 11.3 Å². The van der Waals surface area contributed by atoms with Crippen molar-refractivity contribution < 1.29 is 4.79 Å². The second kappa shape index (κ2) is 5.63. The average molecular weight is 278 g/mol. The van der Waals surface area contributed by atoms with Crippen LogP contribution < -0.4 is 5.32 Å². The molecule has 2 unspecified atom stereocenters. The summed E-state index contributed by atoms with van der Waals surface area (Å²) in [6.07, 6.45) is 5.66. The van der Waals surface area contributed by atoms with E-state index in [0.717, 1.165) is 45.2 Å². The molecule has 2 atom stereocenters. The summed E-state index contributed by atoms with van der Waals surface area (Å²) in [5, 5.41) is 5.36. The second-order valence-corrected chi connectivity index (χ2v) is 6.63. The van der Waals surface area contributed by atoms with Crippen LogP contribution in [0, 0.1) is 0 Å². The van der Waals surface area contributed by atoms with E-state index in [2.05, 4.69) is 21.7 Å². The molecule has 4 heteroatoms. The summed E-state index contributed by atoms with van der Waals surface area (Å²) in [6.45, 7) is 1.87. The lowest BCUT2D eigenvalue weighted by atomic mass is 9.86. The molecule has 1 aromatic heterocycles. The zero-order chi connectivity index (χ0) is 13.2. The minimum absolute atomic E-state index is 0.132. The first kappa shape index (κ1) is 13.1. The van der Waals surface area contributed by atoms with Crippen molar-refractivity contribution in [3.05, 3.63) is 21.9 Å². The van der Waals surface area contributed by atoms with E-state index < -0.39 is 0 Å². The van der Waals surface area contributed by atoms with Gasteiger partial charge >= 0.3 is 0 Å². The first-order valence-electron chi connectivity index (χ1n) is 7.32. The fourth-order valence-corrected chi connectivity index (χ4v) is 4.50. The predicted octanol–water partition coefficient (Wildman–Crippen LogP) is 2.38. The number of rotatable bonds is 3. The van der Waals surface area contributed by atoms with E-state index in [1.807, 2.05) is 18.4 Å². The molecule has 0 aromatic carbocycles. The van der Waals surface area contributed by atoms with Crippen molar-refractivity contribution >= 4 is 17.2 Å². The van der Waals surface area contributed by atoms with Gasteiger partial charge in [-0.3, -0.25) is 4.79 Å². The highest BCUT2D eigenvalue weighted by Crippen LogP contribution is 2.37. The van der Waals surface area contributed by atoms with Gasteiger partial charge in [0, 0.05) is 24.0 Å². The minimum Gasteiger partial charge on any atom is -0.338 e. The van der Waals surface area contributed by atoms with Crippen molar-refractivity contribution in [2.45, 2.75) is 44.1 Å². The number of amides is 1. The summed E-state index contributed by atoms with van der Waals surface area (Å²) >= 11 is 1.82. The van der Waals surface area contributed by atoms with E-state index in [9.17, 15) is 4.79 Å². The Morgan fingerprint density at radius 3 is 3.21 bits per heavy atom. The maximum Gasteiger partial charge on any atom is 0.230 e. The third kappa shape index (κ3) is 2.43. The highest BCUT2D eigenvalue weighted by atomic mass is 32.1. The molecule has 1 fully saturated rings. The summed E-state index contributed by atoms with van der Waals surface area (Å²) < 4.78 is 0. The number of carbonyl (C=O) groups is 1. The quantitative estimate of drug-likeness (QED) is 0.920. The Bertz CT molecular complexity index is 457. The van der Waals surface area contributed by atoms with Gasteiger partial charge in [0.05, 0.1) is 5.92 Å². The summed E-state index contributed by atoms with van der Waals surface area (Å²) in [7, 11) is 1.97. The summed E-state index contributed by atoms with van der Waals surface area (Å²) in [5.74, 6) is 0.504. The molecule has 0 bridgehead atoms. The van der Waals surface area contributed by atoms with Crippen molar-refractivity contribution in [3.63, 3.8) is 0 Å². The van der Waals surface area contributed by atoms with E-state index in [0.29, 0.717) is 11.9 Å². The van der Waals surface area contributed by atoms with Crippen LogP contribution in [0.5, 0.6) is 0 Å². The van der Waals surface area contributed by atoms with Gasteiger partial charge < -0.3 is 10.2 Å². The van der Waals surface area contributed by atoms with Crippen LogP contribution in [0.2, 0.25) is 0 Å². The van der Waals surface area contributed by atoms with Crippen LogP contribution in [0.15, 0.2) is 11.4 Å². The van der Waals surface area contributed by atoms with Crippen molar-refractivity contribution in [2.24, 2.45) is 0 Å². The highest BCUT2D eigenvalue weighted by Gasteiger charge is 2.35. The SMILES string of the molecule is CNCC1CCCN1C(=O)C1CCCc2sccc21. The number of likely N-dealkylation sites (tertiary alicyclic amines) is 1. The van der Waals surface area contributed by atoms with Gasteiger partial charge in [-0.2, -0.15) is 0 Å². The number of hydrogen-bond donors (Lipinski definition) is 1. The average Bonchev–Trinajstić information content (AvgIpc) is 3.06. The first-order chi connectivity index (χ1) is 9.31. The lowest BCUT2D eigenvalue weighted by Crippen LogP contribution is -2.43. The molecule has 1 aromatic rings. The van der Waals surface area contributed by atoms with Crippen LogP contribution in [0.4, 0.5) is 0 Å². The zero-order valence-electron chi connectivity index (χ0n) is 11.5. The van der Waals surface area contributed by atoms with Crippen molar-refractivity contribution in [3.8, 4) is 0 Å². The number of aryl methyl sites for hydroxylation is 1. The van der Waals surface area contributed by atoms with Crippen LogP contribution in [-0.4, -0.2) is 37.0 Å². The molecule has 1 amide bonds. The number of thiophene rings is 1. The topological polar surface area (TPSA) is 32.3 Å². The number of fused-ring (bicyclic) bond motifs is 1. The third-order valence-corrected chi connectivity index (χ3v) is 5.45. The van der Waals surface area contributed by atoms with Crippen LogP contribution in [-0.2, 0) is 11.2 Å². The van der Waals surface area contributed by atoms with Gasteiger partial charge in [-0.05, 0) is 56.2 Å². The molecule has 0 radical (unpaired) electrons. The third-order valence-electron chi connectivity index (χ3n) is 4.45. The molecule has 1 aliphatic carbocycles. The van der Waals surface area contributed by atoms with E-state index in [4.69, 9.17) is 0 Å². The van der Waals surface area contributed by atoms with Crippen LogP contribution in [0.3, 0.4) is 0 Å². The molecule has 3 nitrogen and oxygen atoms in total. The predicted molar refractivity (Wildman–Crippen MR) is 78.7 cm³/mol. The molecule has 19 heavy (non-hydrogen) atoms. The van der Waals surface area contributed by atoms with Gasteiger partial charge in [-0.25, -0.2) is 0 Å². The first-order valence-corrected chi connectivity index (χ1v) is 8.20. The Hall–Kier alpha value is -0.870. The van der Waals surface area contributed by atoms with E-state index in [-0.39, 0.29) is 5.92 Å². The summed E-state index contributed by atoms with van der Waals surface area (Å²) in [6, 6.07) is 2.58. The van der Waals surface area contributed by atoms with Crippen LogP contribution >= 0.6 is 11.3 Å². The van der Waals surface area contributed by atoms with Crippen molar-refractivity contribution in [2.75, 3.05) is 20.1 Å². The van der Waals surface area contributed by atoms with Gasteiger partial charge in [0.1, 0.15) is 0 Å². The molecule has 1 aliphatic heterocycles. The Morgan fingerprint density at radius 1 is 1.47 bits per heavy atom. The van der Waals surface area contributed by atoms with Gasteiger partial charge in [0.2, 0.25) is 5.91 Å². The van der Waals surface area contributed by atoms with Gasteiger partial charge in [-0.1, -0.05) is 0 Å². The minimum atomic E-state index is 0.132. The summed E-state index contributed by atoms with van der Waals surface area (Å²) in [5.41, 5.74) is 1.32. The van der Waals surface area contributed by atoms with Crippen molar-refractivity contribution in [1.29, 1.82) is 0 Å². The lowest BCUT2D eigenvalue weighted by Gasteiger charge is -2.30. The maximum absolute atomic E-state index is 12.8. The monoisotopic (exact) mass is 278 g/mol. The number of nitrogens with zero attached hydrogens (tertiary/aromatic N) is 1. The molecule has 1 N–H and O–H groups in total. The highest BCUT2D eigenvalue weighted by molar-refractivity contribution is 7.10. The fraction of sp³-hybridized carbons (Fsp3) is 0.667. The number of hydrogen-bond acceptors (Lipinski definition) is 3. The molecule has 3 rings (SSSR count). The Kier molecular flexibility index (Phi) is 3.89. The standard InChI is InChI=1S/C15H22N2OS/c1-16-10-11-4-3-8-17(11)15(18)13-5-2-6-14-12(13)7-9-19-14/h7,9,11,13,16H,2-6,8,10H2,1H3. The van der Waals surface area contributed by atoms with Crippen LogP contribution in [0.25, 0.3) is 0 Å². The smallest absolute Gasteiger partial charge is 0.230 e. The number of carbonyl (C=O) groups excluding carboxylic acids is 1. The molecule has 0 saturated carbocycles. The molecule has 104 valence electrons. The molecular weight excluding hydrogens is 256 g/mol. The fourth-order valence-electron chi connectivity index (χ4n) is 3.52. The molecule has 1 saturated heterocycles. The van der Waals surface area contributed by atoms with E-state index in [1.54, 1.807) is 0 Å². The van der Waals surface area contributed by atoms with E-state index >= 15 is 0 Å². The Labute approximate surface area is 119 Å².